The maximum Gasteiger partial charge on any atom is 0.305 e. The van der Waals surface area contributed by atoms with Gasteiger partial charge in [-0.25, -0.2) is 0 Å². The number of carbonyl (C=O) groups is 2. The van der Waals surface area contributed by atoms with Crippen LogP contribution in [-0.4, -0.2) is 47.4 Å². The number of aliphatic hydroxyl groups is 2. The molecule has 442 valence electrons. The standard InChI is InChI=1S/C69H131NO5/c1-3-5-7-9-11-13-15-17-18-19-32-35-39-43-47-51-55-59-63-69(74)75-64-60-56-52-48-44-40-36-33-30-28-26-24-22-20-21-23-25-27-29-31-34-38-42-46-50-54-58-62-68(73)70-66(65-71)67(72)61-57-53-49-45-41-37-16-14-12-10-8-6-4-2/h13,15,18-21,66-67,71-72H,3-12,14,16-17,22-65H2,1-2H3,(H,70,73)/b15-13-,19-18-,21-20-. The third kappa shape index (κ3) is 61.2. The molecule has 0 aliphatic rings. The average Bonchev–Trinajstić information content (AvgIpc) is 3.41. The lowest BCUT2D eigenvalue weighted by Gasteiger charge is -2.22. The third-order valence-electron chi connectivity index (χ3n) is 15.7. The fourth-order valence-corrected chi connectivity index (χ4v) is 10.5. The van der Waals surface area contributed by atoms with E-state index in [0.717, 1.165) is 51.4 Å². The first kappa shape index (κ1) is 73.1. The number of aliphatic hydroxyl groups excluding tert-OH is 2. The van der Waals surface area contributed by atoms with Crippen molar-refractivity contribution in [2.24, 2.45) is 0 Å². The van der Waals surface area contributed by atoms with Crippen LogP contribution in [0.2, 0.25) is 0 Å². The molecule has 6 heteroatoms. The monoisotopic (exact) mass is 1050 g/mol. The third-order valence-corrected chi connectivity index (χ3v) is 15.7. The Balaban J connectivity index is 3.37. The zero-order chi connectivity index (χ0) is 54.3. The van der Waals surface area contributed by atoms with E-state index in [1.54, 1.807) is 0 Å². The van der Waals surface area contributed by atoms with Crippen LogP contribution in [0.25, 0.3) is 0 Å². The van der Waals surface area contributed by atoms with Gasteiger partial charge in [0, 0.05) is 12.8 Å². The first-order valence-corrected chi connectivity index (χ1v) is 33.7. The lowest BCUT2D eigenvalue weighted by atomic mass is 10.0. The van der Waals surface area contributed by atoms with Crippen LogP contribution in [0.1, 0.15) is 367 Å². The summed E-state index contributed by atoms with van der Waals surface area (Å²) in [6.07, 6.45) is 81.8. The number of hydrogen-bond donors (Lipinski definition) is 3. The first-order valence-electron chi connectivity index (χ1n) is 33.7. The summed E-state index contributed by atoms with van der Waals surface area (Å²) in [6.45, 7) is 4.95. The molecule has 0 aromatic heterocycles. The Bertz CT molecular complexity index is 1210. The smallest absolute Gasteiger partial charge is 0.305 e. The van der Waals surface area contributed by atoms with Gasteiger partial charge in [-0.05, 0) is 83.5 Å². The summed E-state index contributed by atoms with van der Waals surface area (Å²) in [4.78, 5) is 24.6. The van der Waals surface area contributed by atoms with E-state index in [0.29, 0.717) is 25.9 Å². The summed E-state index contributed by atoms with van der Waals surface area (Å²) in [5, 5.41) is 23.3. The molecule has 0 spiro atoms. The largest absolute Gasteiger partial charge is 0.466 e. The molecule has 0 saturated carbocycles. The molecule has 0 aliphatic carbocycles. The van der Waals surface area contributed by atoms with Crippen molar-refractivity contribution in [1.29, 1.82) is 0 Å². The van der Waals surface area contributed by atoms with Crippen LogP contribution in [0, 0.1) is 0 Å². The minimum atomic E-state index is -0.664. The zero-order valence-electron chi connectivity index (χ0n) is 50.5. The highest BCUT2D eigenvalue weighted by atomic mass is 16.5. The number of amides is 1. The number of nitrogens with one attached hydrogen (secondary N) is 1. The molecule has 0 heterocycles. The van der Waals surface area contributed by atoms with E-state index in [1.165, 1.54) is 283 Å². The van der Waals surface area contributed by atoms with E-state index < -0.39 is 12.1 Å². The second-order valence-corrected chi connectivity index (χ2v) is 23.1. The molecule has 0 bridgehead atoms. The van der Waals surface area contributed by atoms with Crippen LogP contribution >= 0.6 is 0 Å². The van der Waals surface area contributed by atoms with Crippen molar-refractivity contribution in [2.45, 2.75) is 379 Å². The van der Waals surface area contributed by atoms with Gasteiger partial charge in [0.05, 0.1) is 25.4 Å². The molecule has 0 aromatic rings. The fraction of sp³-hybridized carbons (Fsp3) is 0.884. The van der Waals surface area contributed by atoms with Crippen molar-refractivity contribution in [3.8, 4) is 0 Å². The van der Waals surface area contributed by atoms with Gasteiger partial charge in [0.15, 0.2) is 0 Å². The minimum absolute atomic E-state index is 0.00803. The molecule has 0 saturated heterocycles. The van der Waals surface area contributed by atoms with Crippen LogP contribution < -0.4 is 5.32 Å². The maximum atomic E-state index is 12.5. The number of allylic oxidation sites excluding steroid dienone is 6. The zero-order valence-corrected chi connectivity index (χ0v) is 50.5. The highest BCUT2D eigenvalue weighted by Gasteiger charge is 2.20. The highest BCUT2D eigenvalue weighted by molar-refractivity contribution is 5.76. The summed E-state index contributed by atoms with van der Waals surface area (Å²) >= 11 is 0. The van der Waals surface area contributed by atoms with Gasteiger partial charge in [-0.3, -0.25) is 9.59 Å². The van der Waals surface area contributed by atoms with Crippen LogP contribution in [0.15, 0.2) is 36.5 Å². The Morgan fingerprint density at radius 1 is 0.373 bits per heavy atom. The second-order valence-electron chi connectivity index (χ2n) is 23.1. The van der Waals surface area contributed by atoms with Crippen LogP contribution in [0.5, 0.6) is 0 Å². The molecule has 0 aromatic carbocycles. The van der Waals surface area contributed by atoms with Crippen LogP contribution in [0.3, 0.4) is 0 Å². The minimum Gasteiger partial charge on any atom is -0.466 e. The van der Waals surface area contributed by atoms with E-state index in [2.05, 4.69) is 55.6 Å². The normalized spacial score (nSPS) is 12.7. The van der Waals surface area contributed by atoms with Gasteiger partial charge in [0.2, 0.25) is 5.91 Å². The van der Waals surface area contributed by atoms with Crippen molar-refractivity contribution in [2.75, 3.05) is 13.2 Å². The molecule has 2 unspecified atom stereocenters. The molecule has 0 aliphatic heterocycles. The van der Waals surface area contributed by atoms with Gasteiger partial charge in [0.1, 0.15) is 0 Å². The van der Waals surface area contributed by atoms with Crippen molar-refractivity contribution in [1.82, 2.24) is 5.32 Å². The van der Waals surface area contributed by atoms with Gasteiger partial charge < -0.3 is 20.3 Å². The lowest BCUT2D eigenvalue weighted by molar-refractivity contribution is -0.143. The summed E-state index contributed by atoms with van der Waals surface area (Å²) in [7, 11) is 0. The predicted octanol–water partition coefficient (Wildman–Crippen LogP) is 21.5. The summed E-state index contributed by atoms with van der Waals surface area (Å²) in [5.41, 5.74) is 0. The molecule has 6 nitrogen and oxygen atoms in total. The van der Waals surface area contributed by atoms with E-state index in [4.69, 9.17) is 4.74 Å². The summed E-state index contributed by atoms with van der Waals surface area (Å²) < 4.78 is 5.50. The average molecular weight is 1050 g/mol. The summed E-state index contributed by atoms with van der Waals surface area (Å²) in [6, 6.07) is -0.542. The quantitative estimate of drug-likeness (QED) is 0.0320. The molecular formula is C69H131NO5. The van der Waals surface area contributed by atoms with E-state index in [1.807, 2.05) is 0 Å². The maximum absolute atomic E-state index is 12.5. The van der Waals surface area contributed by atoms with Gasteiger partial charge in [-0.15, -0.1) is 0 Å². The van der Waals surface area contributed by atoms with Gasteiger partial charge >= 0.3 is 5.97 Å². The number of carbonyl (C=O) groups excluding carboxylic acids is 2. The Morgan fingerprint density at radius 3 is 1.04 bits per heavy atom. The van der Waals surface area contributed by atoms with Crippen molar-refractivity contribution in [3.05, 3.63) is 36.5 Å². The molecule has 2 atom stereocenters. The van der Waals surface area contributed by atoms with Gasteiger partial charge in [0.25, 0.3) is 0 Å². The number of esters is 1. The topological polar surface area (TPSA) is 95.9 Å². The fourth-order valence-electron chi connectivity index (χ4n) is 10.5. The molecular weight excluding hydrogens is 923 g/mol. The molecule has 0 fully saturated rings. The van der Waals surface area contributed by atoms with Crippen molar-refractivity contribution in [3.63, 3.8) is 0 Å². The molecule has 0 radical (unpaired) electrons. The first-order chi connectivity index (χ1) is 37.0. The Kier molecular flexibility index (Phi) is 63.0. The van der Waals surface area contributed by atoms with E-state index >= 15 is 0 Å². The predicted molar refractivity (Wildman–Crippen MR) is 329 cm³/mol. The van der Waals surface area contributed by atoms with Gasteiger partial charge in [-0.1, -0.05) is 307 Å². The van der Waals surface area contributed by atoms with Crippen molar-refractivity contribution >= 4 is 11.9 Å². The second kappa shape index (κ2) is 64.6. The van der Waals surface area contributed by atoms with E-state index in [-0.39, 0.29) is 18.5 Å². The molecule has 75 heavy (non-hydrogen) atoms. The molecule has 0 rings (SSSR count). The molecule has 3 N–H and O–H groups in total. The lowest BCUT2D eigenvalue weighted by Crippen LogP contribution is -2.45. The Hall–Kier alpha value is -1.92. The molecule has 1 amide bonds. The SMILES string of the molecule is CCCCCC/C=C\C/C=C\CCCCCCCCCC(=O)OCCCCCCCCCCCCCC/C=C\CCCCCCCCCCCCCC(=O)NC(CO)C(O)CCCCCCCCCCCCCCC. The van der Waals surface area contributed by atoms with Crippen LogP contribution in [0.4, 0.5) is 0 Å². The summed E-state index contributed by atoms with van der Waals surface area (Å²) in [5.74, 6) is -0.0266. The number of rotatable bonds is 63. The van der Waals surface area contributed by atoms with Crippen molar-refractivity contribution < 1.29 is 24.5 Å². The van der Waals surface area contributed by atoms with Gasteiger partial charge in [-0.2, -0.15) is 0 Å². The Labute approximate surface area is 468 Å². The number of ether oxygens (including phenoxy) is 1. The Morgan fingerprint density at radius 2 is 0.667 bits per heavy atom. The van der Waals surface area contributed by atoms with E-state index in [9.17, 15) is 19.8 Å². The number of hydrogen-bond acceptors (Lipinski definition) is 5. The van der Waals surface area contributed by atoms with Crippen LogP contribution in [-0.2, 0) is 14.3 Å². The highest BCUT2D eigenvalue weighted by Crippen LogP contribution is 2.18. The number of unbranched alkanes of at least 4 members (excludes halogenated alkanes) is 46.